The van der Waals surface area contributed by atoms with Gasteiger partial charge in [0.1, 0.15) is 19.3 Å². The first-order valence-electron chi connectivity index (χ1n) is 41.0. The van der Waals surface area contributed by atoms with Crippen LogP contribution in [0.5, 0.6) is 0 Å². The van der Waals surface area contributed by atoms with Gasteiger partial charge in [0, 0.05) is 25.7 Å². The molecule has 0 aromatic heterocycles. The molecule has 0 spiro atoms. The van der Waals surface area contributed by atoms with Crippen molar-refractivity contribution in [2.24, 2.45) is 0 Å². The van der Waals surface area contributed by atoms with Crippen molar-refractivity contribution in [1.29, 1.82) is 0 Å². The predicted molar refractivity (Wildman–Crippen MR) is 445 cm³/mol. The van der Waals surface area contributed by atoms with Crippen LogP contribution in [0.4, 0.5) is 0 Å². The van der Waals surface area contributed by atoms with Gasteiger partial charge in [0.15, 0.2) is 12.2 Å². The summed E-state index contributed by atoms with van der Waals surface area (Å²) in [4.78, 5) is 73.0. The number of unbranched alkanes of at least 4 members (excludes halogenated alkanes) is 19. The minimum Gasteiger partial charge on any atom is -0.462 e. The van der Waals surface area contributed by atoms with E-state index in [0.29, 0.717) is 44.9 Å². The van der Waals surface area contributed by atoms with E-state index in [-0.39, 0.29) is 25.7 Å². The molecule has 108 heavy (non-hydrogen) atoms. The van der Waals surface area contributed by atoms with Crippen LogP contribution < -0.4 is 0 Å². The molecular formula is C89H144O17P2. The van der Waals surface area contributed by atoms with Crippen molar-refractivity contribution in [3.8, 4) is 0 Å². The summed E-state index contributed by atoms with van der Waals surface area (Å²) in [7, 11) is -10.0. The Hall–Kier alpha value is -5.84. The number of aliphatic hydroxyl groups is 1. The first-order chi connectivity index (χ1) is 52.7. The van der Waals surface area contributed by atoms with Gasteiger partial charge in [-0.3, -0.25) is 37.3 Å². The van der Waals surface area contributed by atoms with Crippen LogP contribution in [0, 0.1) is 0 Å². The van der Waals surface area contributed by atoms with Gasteiger partial charge in [0.05, 0.1) is 26.4 Å². The first kappa shape index (κ1) is 102. The van der Waals surface area contributed by atoms with Gasteiger partial charge in [0.25, 0.3) is 0 Å². The molecule has 0 aromatic carbocycles. The maximum absolute atomic E-state index is 13.1. The van der Waals surface area contributed by atoms with E-state index in [2.05, 4.69) is 167 Å². The number of rotatable bonds is 75. The molecule has 612 valence electrons. The van der Waals surface area contributed by atoms with Crippen molar-refractivity contribution in [3.63, 3.8) is 0 Å². The van der Waals surface area contributed by atoms with Crippen molar-refractivity contribution >= 4 is 39.5 Å². The third-order valence-electron chi connectivity index (χ3n) is 16.3. The van der Waals surface area contributed by atoms with E-state index in [1.54, 1.807) is 0 Å². The summed E-state index contributed by atoms with van der Waals surface area (Å²) >= 11 is 0. The van der Waals surface area contributed by atoms with Crippen LogP contribution in [0.25, 0.3) is 0 Å². The van der Waals surface area contributed by atoms with Crippen LogP contribution in [-0.4, -0.2) is 96.7 Å². The molecule has 3 N–H and O–H groups in total. The molecule has 2 unspecified atom stereocenters. The predicted octanol–water partition coefficient (Wildman–Crippen LogP) is 24.3. The van der Waals surface area contributed by atoms with Crippen LogP contribution in [0.3, 0.4) is 0 Å². The second kappa shape index (κ2) is 79.3. The molecule has 0 fully saturated rings. The molecule has 0 heterocycles. The Morgan fingerprint density at radius 2 is 0.481 bits per heavy atom. The fraction of sp³-hybridized carbons (Fsp3) is 0.618. The molecule has 0 aliphatic heterocycles. The third kappa shape index (κ3) is 78.3. The molecule has 0 aliphatic carbocycles. The van der Waals surface area contributed by atoms with E-state index in [1.807, 2.05) is 42.5 Å². The van der Waals surface area contributed by atoms with Gasteiger partial charge < -0.3 is 33.8 Å². The zero-order chi connectivity index (χ0) is 78.9. The lowest BCUT2D eigenvalue weighted by molar-refractivity contribution is -0.161. The largest absolute Gasteiger partial charge is 0.472 e. The van der Waals surface area contributed by atoms with E-state index < -0.39 is 97.5 Å². The lowest BCUT2D eigenvalue weighted by atomic mass is 10.1. The number of phosphoric ester groups is 2. The quantitative estimate of drug-likeness (QED) is 0.0169. The summed E-state index contributed by atoms with van der Waals surface area (Å²) in [5, 5.41) is 10.7. The normalized spacial score (nSPS) is 14.8. The summed E-state index contributed by atoms with van der Waals surface area (Å²) < 4.78 is 68.5. The van der Waals surface area contributed by atoms with Gasteiger partial charge >= 0.3 is 39.5 Å². The van der Waals surface area contributed by atoms with Crippen molar-refractivity contribution in [2.45, 2.75) is 316 Å². The second-order valence-corrected chi connectivity index (χ2v) is 29.5. The Morgan fingerprint density at radius 3 is 0.787 bits per heavy atom. The highest BCUT2D eigenvalue weighted by Gasteiger charge is 2.30. The van der Waals surface area contributed by atoms with Crippen molar-refractivity contribution < 1.29 is 80.2 Å². The van der Waals surface area contributed by atoms with E-state index in [1.165, 1.54) is 77.0 Å². The summed E-state index contributed by atoms with van der Waals surface area (Å²) in [6.07, 6.45) is 96.1. The Balaban J connectivity index is 5.56. The van der Waals surface area contributed by atoms with Crippen molar-refractivity contribution in [3.05, 3.63) is 182 Å². The number of phosphoric acid groups is 2. The molecule has 0 aliphatic rings. The van der Waals surface area contributed by atoms with E-state index in [0.717, 1.165) is 122 Å². The van der Waals surface area contributed by atoms with E-state index >= 15 is 0 Å². The minimum absolute atomic E-state index is 0.00126. The van der Waals surface area contributed by atoms with Gasteiger partial charge in [0.2, 0.25) is 0 Å². The Kier molecular flexibility index (Phi) is 75.0. The topological polar surface area (TPSA) is 237 Å². The summed E-state index contributed by atoms with van der Waals surface area (Å²) in [6, 6.07) is 0. The molecule has 0 saturated carbocycles. The standard InChI is InChI=1S/C89H144O17P2/c1-5-9-13-17-21-25-29-33-37-40-41-44-47-50-54-58-62-66-70-74-87(92)100-79-84(105-88(93)75-71-67-63-59-55-51-45-36-32-28-24-20-16-12-8-4)81-103-107(95,96)101-77-83(90)78-102-108(97,98)104-82-85(106-89(94)76-72-68-64-60-56-52-48-43-39-35-31-27-23-19-15-11-7-3)80-99-86(91)73-69-65-61-57-53-49-46-42-38-34-30-26-22-18-14-10-6-2/h21-28,33-39,41,44-46,48-50,52,54,57,60-62,64,66,83-85,90H,5-20,29-32,40,42-43,47,51,53,55-56,58-59,63,65,67-82H2,1-4H3,(H,95,96)(H,97,98)/b25-21-,26-22-,27-23-,28-24-,37-33-,38-34-,39-35-,44-41-,45-36-,49-46-,52-48-,54-50-,61-57-,64-60-,66-62-/t83-,84-,85-/m1/s1. The minimum atomic E-state index is -5.02. The third-order valence-corrected chi connectivity index (χ3v) is 18.2. The van der Waals surface area contributed by atoms with Crippen molar-refractivity contribution in [1.82, 2.24) is 0 Å². The molecule has 5 atom stereocenters. The Bertz CT molecular complexity index is 2760. The highest BCUT2D eigenvalue weighted by atomic mass is 31.2. The van der Waals surface area contributed by atoms with Gasteiger partial charge in [-0.05, 0) is 173 Å². The molecule has 0 rings (SSSR count). The number of carbonyl (C=O) groups excluding carboxylic acids is 4. The number of allylic oxidation sites excluding steroid dienone is 30. The van der Waals surface area contributed by atoms with Crippen LogP contribution in [0.2, 0.25) is 0 Å². The maximum Gasteiger partial charge on any atom is 0.472 e. The summed E-state index contributed by atoms with van der Waals surface area (Å²) in [5.74, 6) is -2.43. The highest BCUT2D eigenvalue weighted by Crippen LogP contribution is 2.45. The molecule has 0 saturated heterocycles. The van der Waals surface area contributed by atoms with E-state index in [4.69, 9.17) is 37.0 Å². The van der Waals surface area contributed by atoms with Crippen LogP contribution in [0.15, 0.2) is 182 Å². The monoisotopic (exact) mass is 1550 g/mol. The van der Waals surface area contributed by atoms with Crippen LogP contribution in [-0.2, 0) is 65.4 Å². The molecule has 17 nitrogen and oxygen atoms in total. The van der Waals surface area contributed by atoms with Gasteiger partial charge in [-0.25, -0.2) is 9.13 Å². The van der Waals surface area contributed by atoms with Crippen molar-refractivity contribution in [2.75, 3.05) is 39.6 Å². The average Bonchev–Trinajstić information content (AvgIpc) is 0.901. The molecule has 0 radical (unpaired) electrons. The zero-order valence-electron chi connectivity index (χ0n) is 66.9. The number of esters is 4. The molecule has 0 amide bonds. The lowest BCUT2D eigenvalue weighted by Crippen LogP contribution is -2.30. The first-order valence-corrected chi connectivity index (χ1v) is 44.0. The second-order valence-electron chi connectivity index (χ2n) is 26.6. The number of hydrogen-bond acceptors (Lipinski definition) is 15. The number of ether oxygens (including phenoxy) is 4. The van der Waals surface area contributed by atoms with Gasteiger partial charge in [-0.2, -0.15) is 0 Å². The molecule has 0 bridgehead atoms. The average molecular weight is 1550 g/mol. The van der Waals surface area contributed by atoms with Crippen LogP contribution in [0.1, 0.15) is 297 Å². The SMILES string of the molecule is CCCCC/C=C\C/C=C\C/C=C\C/C=C\C/C=C\CCC(=O)OC[C@H](COP(=O)(O)OC[C@@H](O)COP(=O)(O)OC[C@@H](COC(=O)CCC/C=C\C/C=C\C/C=C\C/C=C\CCCCC)OC(=O)CCC/C=C\C/C=C\C/C=C\C/C=C\CCCCC)OC(=O)CCCCCCC/C=C\C/C=C\CCCCC. The fourth-order valence-corrected chi connectivity index (χ4v) is 11.6. The van der Waals surface area contributed by atoms with Gasteiger partial charge in [-0.15, -0.1) is 0 Å². The van der Waals surface area contributed by atoms with Gasteiger partial charge in [-0.1, -0.05) is 281 Å². The molecule has 19 heteroatoms. The number of aliphatic hydroxyl groups excluding tert-OH is 1. The van der Waals surface area contributed by atoms with Crippen LogP contribution >= 0.6 is 15.6 Å². The smallest absolute Gasteiger partial charge is 0.462 e. The summed E-state index contributed by atoms with van der Waals surface area (Å²) in [6.45, 7) is 4.52. The fourth-order valence-electron chi connectivity index (χ4n) is 10.0. The lowest BCUT2D eigenvalue weighted by Gasteiger charge is -2.21. The maximum atomic E-state index is 13.1. The summed E-state index contributed by atoms with van der Waals surface area (Å²) in [5.41, 5.74) is 0. The highest BCUT2D eigenvalue weighted by molar-refractivity contribution is 7.47. The number of hydrogen-bond donors (Lipinski definition) is 3. The molecule has 0 aromatic rings. The molecular weight excluding hydrogens is 1400 g/mol. The zero-order valence-corrected chi connectivity index (χ0v) is 68.7. The van der Waals surface area contributed by atoms with E-state index in [9.17, 15) is 43.2 Å². The number of carbonyl (C=O) groups is 4. The Morgan fingerprint density at radius 1 is 0.259 bits per heavy atom. The Labute approximate surface area is 654 Å².